The van der Waals surface area contributed by atoms with E-state index in [0.29, 0.717) is 38.2 Å². The van der Waals surface area contributed by atoms with Gasteiger partial charge in [-0.05, 0) is 44.5 Å². The second-order valence-electron chi connectivity index (χ2n) is 6.53. The maximum Gasteiger partial charge on any atom is 0.317 e. The highest BCUT2D eigenvalue weighted by molar-refractivity contribution is 7.90. The van der Waals surface area contributed by atoms with Gasteiger partial charge in [0, 0.05) is 44.0 Å². The largest absolute Gasteiger partial charge is 0.337 e. The smallest absolute Gasteiger partial charge is 0.317 e. The van der Waals surface area contributed by atoms with Crippen LogP contribution in [-0.4, -0.2) is 68.6 Å². The summed E-state index contributed by atoms with van der Waals surface area (Å²) in [5.74, 6) is -0.147. The Morgan fingerprint density at radius 2 is 1.56 bits per heavy atom. The van der Waals surface area contributed by atoms with Gasteiger partial charge in [-0.1, -0.05) is 0 Å². The van der Waals surface area contributed by atoms with Gasteiger partial charge in [0.2, 0.25) is 0 Å². The first-order chi connectivity index (χ1) is 11.7. The van der Waals surface area contributed by atoms with Crippen LogP contribution in [0.2, 0.25) is 0 Å². The third-order valence-electron chi connectivity index (χ3n) is 4.01. The van der Waals surface area contributed by atoms with E-state index in [4.69, 9.17) is 0 Å². The SMILES string of the molecule is CC(C)NC(=O)N1CCCN(C(=O)c2ccc(S(C)(=O)=O)cc2)CC1. The minimum atomic E-state index is -3.28. The van der Waals surface area contributed by atoms with Crippen molar-refractivity contribution in [2.24, 2.45) is 0 Å². The molecule has 1 heterocycles. The molecule has 0 saturated carbocycles. The van der Waals surface area contributed by atoms with Gasteiger partial charge in [0.05, 0.1) is 4.90 Å². The summed E-state index contributed by atoms with van der Waals surface area (Å²) in [6.07, 6.45) is 1.84. The van der Waals surface area contributed by atoms with Crippen molar-refractivity contribution in [3.05, 3.63) is 29.8 Å². The van der Waals surface area contributed by atoms with Crippen molar-refractivity contribution in [3.63, 3.8) is 0 Å². The maximum atomic E-state index is 12.6. The first kappa shape index (κ1) is 19.2. The van der Waals surface area contributed by atoms with Gasteiger partial charge in [0.25, 0.3) is 5.91 Å². The van der Waals surface area contributed by atoms with Crippen LogP contribution in [0.25, 0.3) is 0 Å². The fourth-order valence-corrected chi connectivity index (χ4v) is 3.32. The normalized spacial score (nSPS) is 15.8. The summed E-state index contributed by atoms with van der Waals surface area (Å²) in [4.78, 5) is 28.3. The molecule has 0 unspecified atom stereocenters. The van der Waals surface area contributed by atoms with E-state index in [0.717, 1.165) is 6.26 Å². The summed E-state index contributed by atoms with van der Waals surface area (Å²) in [5.41, 5.74) is 0.451. The van der Waals surface area contributed by atoms with Crippen LogP contribution >= 0.6 is 0 Å². The summed E-state index contributed by atoms with van der Waals surface area (Å²) < 4.78 is 23.0. The molecule has 0 spiro atoms. The predicted molar refractivity (Wildman–Crippen MR) is 95.3 cm³/mol. The zero-order valence-electron chi connectivity index (χ0n) is 14.9. The van der Waals surface area contributed by atoms with Gasteiger partial charge in [-0.25, -0.2) is 13.2 Å². The third-order valence-corrected chi connectivity index (χ3v) is 5.14. The highest BCUT2D eigenvalue weighted by atomic mass is 32.2. The number of amides is 3. The topological polar surface area (TPSA) is 86.8 Å². The van der Waals surface area contributed by atoms with E-state index < -0.39 is 9.84 Å². The van der Waals surface area contributed by atoms with Crippen LogP contribution in [0.3, 0.4) is 0 Å². The molecule has 0 aliphatic carbocycles. The van der Waals surface area contributed by atoms with E-state index in [9.17, 15) is 18.0 Å². The molecule has 0 atom stereocenters. The quantitative estimate of drug-likeness (QED) is 0.874. The number of carbonyl (C=O) groups is 2. The fourth-order valence-electron chi connectivity index (χ4n) is 2.69. The van der Waals surface area contributed by atoms with E-state index >= 15 is 0 Å². The number of sulfone groups is 1. The molecule has 1 fully saturated rings. The van der Waals surface area contributed by atoms with E-state index in [1.807, 2.05) is 13.8 Å². The molecule has 2 rings (SSSR count). The Bertz CT molecular complexity index is 729. The van der Waals surface area contributed by atoms with Crippen molar-refractivity contribution in [1.29, 1.82) is 0 Å². The Hall–Kier alpha value is -2.09. The number of benzene rings is 1. The van der Waals surface area contributed by atoms with Gasteiger partial charge in [0.1, 0.15) is 0 Å². The zero-order chi connectivity index (χ0) is 18.6. The first-order valence-corrected chi connectivity index (χ1v) is 10.2. The average molecular weight is 367 g/mol. The molecule has 1 aliphatic heterocycles. The monoisotopic (exact) mass is 367 g/mol. The molecule has 1 aliphatic rings. The van der Waals surface area contributed by atoms with Crippen LogP contribution < -0.4 is 5.32 Å². The van der Waals surface area contributed by atoms with Gasteiger partial charge in [-0.3, -0.25) is 4.79 Å². The second kappa shape index (κ2) is 7.86. The van der Waals surface area contributed by atoms with E-state index in [2.05, 4.69) is 5.32 Å². The first-order valence-electron chi connectivity index (χ1n) is 8.33. The fraction of sp³-hybridized carbons (Fsp3) is 0.529. The molecule has 0 radical (unpaired) electrons. The Morgan fingerprint density at radius 1 is 1.00 bits per heavy atom. The lowest BCUT2D eigenvalue weighted by atomic mass is 10.2. The molecule has 138 valence electrons. The van der Waals surface area contributed by atoms with Crippen LogP contribution in [0.1, 0.15) is 30.6 Å². The summed E-state index contributed by atoms with van der Waals surface area (Å²) in [6.45, 7) is 5.93. The number of urea groups is 1. The molecule has 1 N–H and O–H groups in total. The number of rotatable bonds is 3. The van der Waals surface area contributed by atoms with Crippen molar-refractivity contribution in [1.82, 2.24) is 15.1 Å². The Balaban J connectivity index is 2.02. The van der Waals surface area contributed by atoms with Crippen molar-refractivity contribution in [2.45, 2.75) is 31.2 Å². The molecule has 25 heavy (non-hydrogen) atoms. The van der Waals surface area contributed by atoms with Crippen LogP contribution in [0.4, 0.5) is 4.79 Å². The predicted octanol–water partition coefficient (Wildman–Crippen LogP) is 1.36. The van der Waals surface area contributed by atoms with Crippen LogP contribution in [0.5, 0.6) is 0 Å². The molecule has 0 bridgehead atoms. The van der Waals surface area contributed by atoms with Crippen LogP contribution in [0.15, 0.2) is 29.2 Å². The van der Waals surface area contributed by atoms with Gasteiger partial charge in [0.15, 0.2) is 9.84 Å². The molecule has 1 saturated heterocycles. The minimum absolute atomic E-state index is 0.0712. The summed E-state index contributed by atoms with van der Waals surface area (Å²) in [7, 11) is -3.28. The van der Waals surface area contributed by atoms with Gasteiger partial charge in [-0.15, -0.1) is 0 Å². The highest BCUT2D eigenvalue weighted by Gasteiger charge is 2.23. The molecule has 3 amide bonds. The lowest BCUT2D eigenvalue weighted by molar-refractivity contribution is 0.0762. The Morgan fingerprint density at radius 3 is 2.12 bits per heavy atom. The lowest BCUT2D eigenvalue weighted by Gasteiger charge is -2.23. The van der Waals surface area contributed by atoms with Crippen LogP contribution in [0, 0.1) is 0 Å². The van der Waals surface area contributed by atoms with Gasteiger partial charge >= 0.3 is 6.03 Å². The van der Waals surface area contributed by atoms with E-state index in [1.165, 1.54) is 24.3 Å². The van der Waals surface area contributed by atoms with Crippen LogP contribution in [-0.2, 0) is 9.84 Å². The van der Waals surface area contributed by atoms with Crippen molar-refractivity contribution in [3.8, 4) is 0 Å². The van der Waals surface area contributed by atoms with Crippen molar-refractivity contribution < 1.29 is 18.0 Å². The number of hydrogen-bond acceptors (Lipinski definition) is 4. The minimum Gasteiger partial charge on any atom is -0.337 e. The maximum absolute atomic E-state index is 12.6. The number of nitrogens with one attached hydrogen (secondary N) is 1. The van der Waals surface area contributed by atoms with E-state index in [1.54, 1.807) is 9.80 Å². The molecule has 8 heteroatoms. The molecular weight excluding hydrogens is 342 g/mol. The Kier molecular flexibility index (Phi) is 6.05. The number of nitrogens with zero attached hydrogens (tertiary/aromatic N) is 2. The van der Waals surface area contributed by atoms with Crippen molar-refractivity contribution >= 4 is 21.8 Å². The number of carbonyl (C=O) groups excluding carboxylic acids is 2. The summed E-state index contributed by atoms with van der Waals surface area (Å²) >= 11 is 0. The highest BCUT2D eigenvalue weighted by Crippen LogP contribution is 2.14. The molecule has 7 nitrogen and oxygen atoms in total. The summed E-state index contributed by atoms with van der Waals surface area (Å²) in [6, 6.07) is 5.93. The standard InChI is InChI=1S/C17H25N3O4S/c1-13(2)18-17(22)20-10-4-9-19(11-12-20)16(21)14-5-7-15(8-6-14)25(3,23)24/h5-8,13H,4,9-12H2,1-3H3,(H,18,22). The van der Waals surface area contributed by atoms with Crippen molar-refractivity contribution in [2.75, 3.05) is 32.4 Å². The average Bonchev–Trinajstić information content (AvgIpc) is 2.79. The van der Waals surface area contributed by atoms with Gasteiger partial charge in [-0.2, -0.15) is 0 Å². The zero-order valence-corrected chi connectivity index (χ0v) is 15.7. The molecule has 1 aromatic carbocycles. The van der Waals surface area contributed by atoms with E-state index in [-0.39, 0.29) is 22.9 Å². The molecule has 0 aromatic heterocycles. The Labute approximate surface area is 148 Å². The lowest BCUT2D eigenvalue weighted by Crippen LogP contribution is -2.44. The third kappa shape index (κ3) is 5.19. The second-order valence-corrected chi connectivity index (χ2v) is 8.55. The molecule has 1 aromatic rings. The van der Waals surface area contributed by atoms with Gasteiger partial charge < -0.3 is 15.1 Å². The number of hydrogen-bond donors (Lipinski definition) is 1. The molecular formula is C17H25N3O4S. The summed E-state index contributed by atoms with van der Waals surface area (Å²) in [5, 5.41) is 2.86.